The maximum Gasteiger partial charge on any atom is 0.340 e. The Balaban J connectivity index is 2.17. The summed E-state index contributed by atoms with van der Waals surface area (Å²) in [5.74, 6) is -1.56. The van der Waals surface area contributed by atoms with Crippen LogP contribution < -0.4 is 0 Å². The zero-order valence-electron chi connectivity index (χ0n) is 14.8. The lowest BCUT2D eigenvalue weighted by Crippen LogP contribution is -2.30. The van der Waals surface area contributed by atoms with Crippen LogP contribution in [0.4, 0.5) is 0 Å². The molecule has 6 nitrogen and oxygen atoms in total. The Labute approximate surface area is 156 Å². The van der Waals surface area contributed by atoms with E-state index in [1.54, 1.807) is 27.7 Å². The zero-order chi connectivity index (χ0) is 19.2. The van der Waals surface area contributed by atoms with Gasteiger partial charge in [0, 0.05) is 12.1 Å². The number of aryl methyl sites for hydroxylation is 1. The van der Waals surface area contributed by atoms with Gasteiger partial charge in [0.05, 0.1) is 17.9 Å². The summed E-state index contributed by atoms with van der Waals surface area (Å²) < 4.78 is 9.08. The number of ether oxygens (including phenoxy) is 2. The SMILES string of the molecule is CCOC(=O)c1c(C)[nH]c(C(=O)[C@@H](C)OC(=O)[C@@]2(C)CC2(Cl)Cl)c1C. The molecule has 2 atom stereocenters. The van der Waals surface area contributed by atoms with E-state index in [1.807, 2.05) is 0 Å². The Morgan fingerprint density at radius 3 is 2.32 bits per heavy atom. The summed E-state index contributed by atoms with van der Waals surface area (Å²) in [6.07, 6.45) is -0.767. The molecule has 138 valence electrons. The van der Waals surface area contributed by atoms with Crippen LogP contribution in [0.3, 0.4) is 0 Å². The standard InChI is InChI=1S/C17H21Cl2NO5/c1-6-24-14(22)11-8(2)12(20-9(11)3)13(21)10(4)25-15(23)16(5)7-17(16,18)19/h10,20H,6-7H2,1-5H3/t10-,16-/m1/s1. The second-order valence-electron chi connectivity index (χ2n) is 6.47. The zero-order valence-corrected chi connectivity index (χ0v) is 16.3. The molecule has 0 amide bonds. The molecule has 0 radical (unpaired) electrons. The highest BCUT2D eigenvalue weighted by Crippen LogP contribution is 2.64. The van der Waals surface area contributed by atoms with Gasteiger partial charge in [-0.3, -0.25) is 9.59 Å². The molecule has 0 bridgehead atoms. The topological polar surface area (TPSA) is 85.5 Å². The molecule has 0 saturated heterocycles. The maximum atomic E-state index is 12.6. The van der Waals surface area contributed by atoms with Gasteiger partial charge in [-0.25, -0.2) is 4.79 Å². The molecule has 0 aliphatic heterocycles. The third-order valence-corrected chi connectivity index (χ3v) is 5.63. The summed E-state index contributed by atoms with van der Waals surface area (Å²) in [6.45, 7) is 8.31. The first-order valence-corrected chi connectivity index (χ1v) is 8.71. The molecule has 25 heavy (non-hydrogen) atoms. The van der Waals surface area contributed by atoms with Crippen molar-refractivity contribution in [2.24, 2.45) is 5.41 Å². The third-order valence-electron chi connectivity index (χ3n) is 4.52. The van der Waals surface area contributed by atoms with Crippen molar-refractivity contribution in [1.29, 1.82) is 0 Å². The monoisotopic (exact) mass is 389 g/mol. The molecule has 1 aliphatic rings. The van der Waals surface area contributed by atoms with Crippen LogP contribution in [-0.2, 0) is 14.3 Å². The second-order valence-corrected chi connectivity index (χ2v) is 7.95. The Bertz CT molecular complexity index is 740. The van der Waals surface area contributed by atoms with Gasteiger partial charge in [-0.15, -0.1) is 23.2 Å². The Kier molecular flexibility index (Phi) is 5.26. The van der Waals surface area contributed by atoms with Crippen molar-refractivity contribution in [3.8, 4) is 0 Å². The number of hydrogen-bond acceptors (Lipinski definition) is 5. The van der Waals surface area contributed by atoms with Crippen molar-refractivity contribution in [2.45, 2.75) is 51.5 Å². The number of nitrogens with one attached hydrogen (secondary N) is 1. The summed E-state index contributed by atoms with van der Waals surface area (Å²) in [6, 6.07) is 0. The fraction of sp³-hybridized carbons (Fsp3) is 0.588. The average molecular weight is 390 g/mol. The van der Waals surface area contributed by atoms with Crippen LogP contribution in [0.1, 0.15) is 59.3 Å². The number of aromatic nitrogens is 1. The first-order chi connectivity index (χ1) is 11.5. The lowest BCUT2D eigenvalue weighted by atomic mass is 10.1. The van der Waals surface area contributed by atoms with Gasteiger partial charge in [-0.05, 0) is 40.2 Å². The summed E-state index contributed by atoms with van der Waals surface area (Å²) in [5.41, 5.74) is 0.503. The largest absolute Gasteiger partial charge is 0.462 e. The Morgan fingerprint density at radius 2 is 1.84 bits per heavy atom. The molecule has 1 fully saturated rings. The molecule has 8 heteroatoms. The van der Waals surface area contributed by atoms with E-state index < -0.39 is 33.6 Å². The maximum absolute atomic E-state index is 12.6. The van der Waals surface area contributed by atoms with Crippen LogP contribution in [0, 0.1) is 19.3 Å². The number of carbonyl (C=O) groups excluding carboxylic acids is 3. The van der Waals surface area contributed by atoms with Crippen molar-refractivity contribution < 1.29 is 23.9 Å². The molecule has 1 saturated carbocycles. The van der Waals surface area contributed by atoms with Gasteiger partial charge < -0.3 is 14.5 Å². The Morgan fingerprint density at radius 1 is 1.28 bits per heavy atom. The van der Waals surface area contributed by atoms with E-state index in [0.29, 0.717) is 16.8 Å². The number of aromatic amines is 1. The highest BCUT2D eigenvalue weighted by atomic mass is 35.5. The number of carbonyl (C=O) groups is 3. The minimum Gasteiger partial charge on any atom is -0.462 e. The molecule has 0 aromatic carbocycles. The van der Waals surface area contributed by atoms with Crippen LogP contribution in [-0.4, -0.2) is 39.8 Å². The normalized spacial score (nSPS) is 22.2. The molecular weight excluding hydrogens is 369 g/mol. The Hall–Kier alpha value is -1.53. The van der Waals surface area contributed by atoms with Crippen molar-refractivity contribution in [1.82, 2.24) is 4.98 Å². The van der Waals surface area contributed by atoms with E-state index in [-0.39, 0.29) is 18.7 Å². The highest BCUT2D eigenvalue weighted by molar-refractivity contribution is 6.53. The van der Waals surface area contributed by atoms with E-state index in [1.165, 1.54) is 6.92 Å². The molecule has 0 spiro atoms. The first-order valence-electron chi connectivity index (χ1n) is 7.95. The van der Waals surface area contributed by atoms with Crippen LogP contribution >= 0.6 is 23.2 Å². The van der Waals surface area contributed by atoms with E-state index in [9.17, 15) is 14.4 Å². The fourth-order valence-corrected chi connectivity index (χ4v) is 3.36. The number of alkyl halides is 2. The molecule has 2 rings (SSSR count). The van der Waals surface area contributed by atoms with Gasteiger partial charge >= 0.3 is 11.9 Å². The van der Waals surface area contributed by atoms with E-state index in [2.05, 4.69) is 4.98 Å². The second kappa shape index (κ2) is 6.65. The molecule has 1 aromatic heterocycles. The number of Topliss-reactive ketones (excluding diaryl/α,β-unsaturated/α-hetero) is 1. The average Bonchev–Trinajstić information content (AvgIpc) is 2.88. The summed E-state index contributed by atoms with van der Waals surface area (Å²) in [7, 11) is 0. The minimum atomic E-state index is -1.16. The minimum absolute atomic E-state index is 0.213. The van der Waals surface area contributed by atoms with Gasteiger partial charge in [0.15, 0.2) is 6.10 Å². The highest BCUT2D eigenvalue weighted by Gasteiger charge is 2.69. The van der Waals surface area contributed by atoms with Gasteiger partial charge in [0.25, 0.3) is 0 Å². The lowest BCUT2D eigenvalue weighted by Gasteiger charge is -2.16. The number of halogens is 2. The van der Waals surface area contributed by atoms with Gasteiger partial charge in [0.1, 0.15) is 9.75 Å². The number of hydrogen-bond donors (Lipinski definition) is 1. The van der Waals surface area contributed by atoms with Crippen LogP contribution in [0.25, 0.3) is 0 Å². The number of H-pyrrole nitrogens is 1. The van der Waals surface area contributed by atoms with Gasteiger partial charge in [0.2, 0.25) is 5.78 Å². The number of rotatable bonds is 6. The number of ketones is 1. The van der Waals surface area contributed by atoms with Crippen molar-refractivity contribution in [3.63, 3.8) is 0 Å². The van der Waals surface area contributed by atoms with Crippen LogP contribution in [0.15, 0.2) is 0 Å². The predicted octanol–water partition coefficient (Wildman–Crippen LogP) is 3.51. The van der Waals surface area contributed by atoms with Gasteiger partial charge in [-0.1, -0.05) is 0 Å². The lowest BCUT2D eigenvalue weighted by molar-refractivity contribution is -0.152. The molecular formula is C17H21Cl2NO5. The van der Waals surface area contributed by atoms with E-state index >= 15 is 0 Å². The molecule has 1 N–H and O–H groups in total. The van der Waals surface area contributed by atoms with E-state index in [4.69, 9.17) is 32.7 Å². The third kappa shape index (κ3) is 3.42. The van der Waals surface area contributed by atoms with Crippen molar-refractivity contribution in [3.05, 3.63) is 22.5 Å². The molecule has 1 heterocycles. The van der Waals surface area contributed by atoms with Crippen molar-refractivity contribution in [2.75, 3.05) is 6.61 Å². The van der Waals surface area contributed by atoms with Crippen LogP contribution in [0.5, 0.6) is 0 Å². The van der Waals surface area contributed by atoms with Crippen LogP contribution in [0.2, 0.25) is 0 Å². The summed E-state index contributed by atoms with van der Waals surface area (Å²) in [4.78, 5) is 39.7. The molecule has 1 aliphatic carbocycles. The number of esters is 2. The first kappa shape index (κ1) is 19.8. The predicted molar refractivity (Wildman–Crippen MR) is 93.3 cm³/mol. The smallest absolute Gasteiger partial charge is 0.340 e. The molecule has 0 unspecified atom stereocenters. The quantitative estimate of drug-likeness (QED) is 0.457. The molecule has 1 aromatic rings. The summed E-state index contributed by atoms with van der Waals surface area (Å²) in [5, 5.41) is 0. The van der Waals surface area contributed by atoms with E-state index in [0.717, 1.165) is 0 Å². The van der Waals surface area contributed by atoms with Crippen molar-refractivity contribution >= 4 is 40.9 Å². The van der Waals surface area contributed by atoms with Gasteiger partial charge in [-0.2, -0.15) is 0 Å². The summed E-state index contributed by atoms with van der Waals surface area (Å²) >= 11 is 11.9. The fourth-order valence-electron chi connectivity index (χ4n) is 2.67.